The van der Waals surface area contributed by atoms with Gasteiger partial charge in [0.2, 0.25) is 0 Å². The van der Waals surface area contributed by atoms with E-state index in [1.807, 2.05) is 0 Å². The van der Waals surface area contributed by atoms with E-state index in [4.69, 9.17) is 4.74 Å². The van der Waals surface area contributed by atoms with Gasteiger partial charge >= 0.3 is 0 Å². The Bertz CT molecular complexity index is 815. The SMILES string of the molecule is CCn1c2ccccc2c2cc(CNCC3CCCO3)ccc21. The van der Waals surface area contributed by atoms with Gasteiger partial charge in [-0.15, -0.1) is 0 Å². The molecule has 3 nitrogen and oxygen atoms in total. The van der Waals surface area contributed by atoms with Gasteiger partial charge in [0.15, 0.2) is 0 Å². The number of benzene rings is 2. The molecule has 0 spiro atoms. The molecule has 1 unspecified atom stereocenters. The van der Waals surface area contributed by atoms with E-state index >= 15 is 0 Å². The van der Waals surface area contributed by atoms with Crippen LogP contribution in [0.5, 0.6) is 0 Å². The zero-order valence-corrected chi connectivity index (χ0v) is 13.7. The molecule has 23 heavy (non-hydrogen) atoms. The number of hydrogen-bond acceptors (Lipinski definition) is 2. The number of nitrogens with zero attached hydrogens (tertiary/aromatic N) is 1. The van der Waals surface area contributed by atoms with Crippen molar-refractivity contribution in [1.29, 1.82) is 0 Å². The summed E-state index contributed by atoms with van der Waals surface area (Å²) in [4.78, 5) is 0. The molecule has 2 aromatic carbocycles. The Hall–Kier alpha value is -1.84. The second kappa shape index (κ2) is 6.34. The number of rotatable bonds is 5. The van der Waals surface area contributed by atoms with Crippen molar-refractivity contribution in [2.75, 3.05) is 13.2 Å². The van der Waals surface area contributed by atoms with Crippen molar-refractivity contribution >= 4 is 21.8 Å². The molecule has 0 amide bonds. The highest BCUT2D eigenvalue weighted by Crippen LogP contribution is 2.29. The minimum absolute atomic E-state index is 0.403. The first-order chi connectivity index (χ1) is 11.4. The first-order valence-electron chi connectivity index (χ1n) is 8.69. The molecule has 120 valence electrons. The lowest BCUT2D eigenvalue weighted by Crippen LogP contribution is -2.25. The Morgan fingerprint density at radius 1 is 1.13 bits per heavy atom. The molecule has 0 bridgehead atoms. The van der Waals surface area contributed by atoms with Crippen molar-refractivity contribution in [2.45, 2.75) is 39.0 Å². The third-order valence-corrected chi connectivity index (χ3v) is 4.88. The van der Waals surface area contributed by atoms with Gasteiger partial charge in [0.25, 0.3) is 0 Å². The maximum absolute atomic E-state index is 5.67. The van der Waals surface area contributed by atoms with Crippen LogP contribution in [0.1, 0.15) is 25.3 Å². The van der Waals surface area contributed by atoms with Gasteiger partial charge in [0.1, 0.15) is 0 Å². The Balaban J connectivity index is 1.60. The summed E-state index contributed by atoms with van der Waals surface area (Å²) >= 11 is 0. The Morgan fingerprint density at radius 2 is 2.00 bits per heavy atom. The molecule has 1 aromatic heterocycles. The van der Waals surface area contributed by atoms with Crippen LogP contribution in [0.25, 0.3) is 21.8 Å². The van der Waals surface area contributed by atoms with Gasteiger partial charge < -0.3 is 14.6 Å². The van der Waals surface area contributed by atoms with Crippen molar-refractivity contribution in [3.8, 4) is 0 Å². The van der Waals surface area contributed by atoms with Gasteiger partial charge in [0, 0.05) is 48.0 Å². The molecule has 1 aliphatic rings. The maximum atomic E-state index is 5.67. The largest absolute Gasteiger partial charge is 0.377 e. The molecule has 1 fully saturated rings. The van der Waals surface area contributed by atoms with Crippen LogP contribution in [0.15, 0.2) is 42.5 Å². The standard InChI is InChI=1S/C20H24N2O/c1-2-22-19-8-4-3-7-17(19)18-12-15(9-10-20(18)22)13-21-14-16-6-5-11-23-16/h3-4,7-10,12,16,21H,2,5-6,11,13-14H2,1H3. The predicted molar refractivity (Wildman–Crippen MR) is 95.8 cm³/mol. The zero-order valence-electron chi connectivity index (χ0n) is 13.7. The molecular weight excluding hydrogens is 284 g/mol. The lowest BCUT2D eigenvalue weighted by Gasteiger charge is -2.11. The number of fused-ring (bicyclic) bond motifs is 3. The summed E-state index contributed by atoms with van der Waals surface area (Å²) in [5.74, 6) is 0. The van der Waals surface area contributed by atoms with E-state index in [0.29, 0.717) is 6.10 Å². The van der Waals surface area contributed by atoms with E-state index < -0.39 is 0 Å². The third kappa shape index (κ3) is 2.75. The van der Waals surface area contributed by atoms with Gasteiger partial charge in [-0.3, -0.25) is 0 Å². The van der Waals surface area contributed by atoms with E-state index in [0.717, 1.165) is 26.2 Å². The molecular formula is C20H24N2O. The number of para-hydroxylation sites is 1. The molecule has 1 saturated heterocycles. The Morgan fingerprint density at radius 3 is 2.83 bits per heavy atom. The van der Waals surface area contributed by atoms with Crippen LogP contribution in [0.2, 0.25) is 0 Å². The lowest BCUT2D eigenvalue weighted by molar-refractivity contribution is 0.110. The van der Waals surface area contributed by atoms with Crippen molar-refractivity contribution in [2.24, 2.45) is 0 Å². The second-order valence-electron chi connectivity index (χ2n) is 6.38. The first-order valence-corrected chi connectivity index (χ1v) is 8.69. The smallest absolute Gasteiger partial charge is 0.0700 e. The summed E-state index contributed by atoms with van der Waals surface area (Å²) in [6.07, 6.45) is 2.80. The molecule has 0 saturated carbocycles. The van der Waals surface area contributed by atoms with Gasteiger partial charge in [-0.1, -0.05) is 24.3 Å². The highest BCUT2D eigenvalue weighted by Gasteiger charge is 2.14. The average molecular weight is 308 g/mol. The van der Waals surface area contributed by atoms with E-state index in [2.05, 4.69) is 59.3 Å². The molecule has 1 aliphatic heterocycles. The van der Waals surface area contributed by atoms with Crippen LogP contribution in [-0.2, 0) is 17.8 Å². The fraction of sp³-hybridized carbons (Fsp3) is 0.400. The van der Waals surface area contributed by atoms with Crippen LogP contribution in [0.3, 0.4) is 0 Å². The van der Waals surface area contributed by atoms with Crippen LogP contribution >= 0.6 is 0 Å². The summed E-state index contributed by atoms with van der Waals surface area (Å²) in [5.41, 5.74) is 4.00. The molecule has 1 atom stereocenters. The van der Waals surface area contributed by atoms with Gasteiger partial charge in [-0.05, 0) is 43.5 Å². The van der Waals surface area contributed by atoms with Crippen LogP contribution in [-0.4, -0.2) is 23.8 Å². The third-order valence-electron chi connectivity index (χ3n) is 4.88. The van der Waals surface area contributed by atoms with Crippen LogP contribution in [0, 0.1) is 0 Å². The van der Waals surface area contributed by atoms with Crippen LogP contribution in [0.4, 0.5) is 0 Å². The molecule has 0 aliphatic carbocycles. The molecule has 1 N–H and O–H groups in total. The summed E-state index contributed by atoms with van der Waals surface area (Å²) in [7, 11) is 0. The van der Waals surface area contributed by atoms with Crippen LogP contribution < -0.4 is 5.32 Å². The summed E-state index contributed by atoms with van der Waals surface area (Å²) in [5, 5.41) is 6.26. The Labute approximate surface area is 137 Å². The predicted octanol–water partition coefficient (Wildman–Crippen LogP) is 4.08. The maximum Gasteiger partial charge on any atom is 0.0700 e. The molecule has 2 heterocycles. The normalized spacial score (nSPS) is 18.2. The van der Waals surface area contributed by atoms with E-state index in [-0.39, 0.29) is 0 Å². The zero-order chi connectivity index (χ0) is 15.6. The highest BCUT2D eigenvalue weighted by atomic mass is 16.5. The quantitative estimate of drug-likeness (QED) is 0.768. The summed E-state index contributed by atoms with van der Waals surface area (Å²) < 4.78 is 8.07. The number of aryl methyl sites for hydroxylation is 1. The minimum atomic E-state index is 0.403. The Kier molecular flexibility index (Phi) is 4.06. The van der Waals surface area contributed by atoms with E-state index in [1.54, 1.807) is 0 Å². The monoisotopic (exact) mass is 308 g/mol. The topological polar surface area (TPSA) is 26.2 Å². The number of ether oxygens (including phenoxy) is 1. The first kappa shape index (κ1) is 14.7. The van der Waals surface area contributed by atoms with Crippen molar-refractivity contribution < 1.29 is 4.74 Å². The van der Waals surface area contributed by atoms with Crippen molar-refractivity contribution in [1.82, 2.24) is 9.88 Å². The van der Waals surface area contributed by atoms with E-state index in [9.17, 15) is 0 Å². The van der Waals surface area contributed by atoms with Gasteiger partial charge in [-0.25, -0.2) is 0 Å². The average Bonchev–Trinajstić information content (AvgIpc) is 3.20. The summed E-state index contributed by atoms with van der Waals surface area (Å²) in [6, 6.07) is 15.5. The van der Waals surface area contributed by atoms with Crippen molar-refractivity contribution in [3.05, 3.63) is 48.0 Å². The lowest BCUT2D eigenvalue weighted by atomic mass is 10.1. The summed E-state index contributed by atoms with van der Waals surface area (Å²) in [6.45, 7) is 5.99. The molecule has 4 rings (SSSR count). The number of aromatic nitrogens is 1. The molecule has 0 radical (unpaired) electrons. The fourth-order valence-corrected chi connectivity index (χ4v) is 3.73. The van der Waals surface area contributed by atoms with Gasteiger partial charge in [-0.2, -0.15) is 0 Å². The molecule has 3 aromatic rings. The number of nitrogens with one attached hydrogen (secondary N) is 1. The van der Waals surface area contributed by atoms with E-state index in [1.165, 1.54) is 40.2 Å². The van der Waals surface area contributed by atoms with Crippen molar-refractivity contribution in [3.63, 3.8) is 0 Å². The number of hydrogen-bond donors (Lipinski definition) is 1. The molecule has 3 heteroatoms. The minimum Gasteiger partial charge on any atom is -0.377 e. The highest BCUT2D eigenvalue weighted by molar-refractivity contribution is 6.08. The fourth-order valence-electron chi connectivity index (χ4n) is 3.73. The second-order valence-corrected chi connectivity index (χ2v) is 6.38. The van der Waals surface area contributed by atoms with Gasteiger partial charge in [0.05, 0.1) is 6.10 Å².